The number of carboxylic acids is 2. The van der Waals surface area contributed by atoms with Crippen LogP contribution in [0.4, 0.5) is 0 Å². The Balaban J connectivity index is 0. The first-order valence-corrected chi connectivity index (χ1v) is 7.00. The summed E-state index contributed by atoms with van der Waals surface area (Å²) in [5.74, 6) is -3.39. The molecule has 0 aliphatic heterocycles. The average Bonchev–Trinajstić information content (AvgIpc) is 2.31. The number of hydrogen-bond acceptors (Lipinski definition) is 2. The van der Waals surface area contributed by atoms with Gasteiger partial charge < -0.3 is 10.2 Å². The molecular weight excluding hydrogens is 255 g/mol. The predicted octanol–water partition coefficient (Wildman–Crippen LogP) is 3.17. The molecule has 0 heterocycles. The molecule has 1 radical (unpaired) electrons. The number of carbonyl (C=O) groups is 2. The van der Waals surface area contributed by atoms with Crippen molar-refractivity contribution in [2.45, 2.75) is 65.2 Å². The molecule has 0 saturated heterocycles. The second-order valence-corrected chi connectivity index (χ2v) is 4.88. The van der Waals surface area contributed by atoms with Crippen molar-refractivity contribution in [3.05, 3.63) is 0 Å². The van der Waals surface area contributed by atoms with Crippen LogP contribution >= 0.6 is 0 Å². The van der Waals surface area contributed by atoms with E-state index in [1.54, 1.807) is 0 Å². The predicted molar refractivity (Wildman–Crippen MR) is 76.3 cm³/mol. The Hall–Kier alpha value is -0.0600. The van der Waals surface area contributed by atoms with Crippen molar-refractivity contribution in [3.8, 4) is 0 Å². The molecule has 0 spiro atoms. The molecule has 5 heteroatoms. The van der Waals surface area contributed by atoms with Crippen molar-refractivity contribution in [3.63, 3.8) is 0 Å². The first-order chi connectivity index (χ1) is 8.54. The molecular formula is C14H26NaO4. The maximum Gasteiger partial charge on any atom is 0.307 e. The van der Waals surface area contributed by atoms with Crippen LogP contribution in [0.1, 0.15) is 65.2 Å². The minimum atomic E-state index is -0.963. The molecule has 2 unspecified atom stereocenters. The summed E-state index contributed by atoms with van der Waals surface area (Å²) >= 11 is 0. The molecule has 4 nitrogen and oxygen atoms in total. The van der Waals surface area contributed by atoms with E-state index in [9.17, 15) is 19.8 Å². The van der Waals surface area contributed by atoms with E-state index in [1.165, 1.54) is 0 Å². The van der Waals surface area contributed by atoms with Crippen LogP contribution in [0.5, 0.6) is 0 Å². The first kappa shape index (κ1) is 21.2. The molecule has 0 saturated carbocycles. The van der Waals surface area contributed by atoms with Gasteiger partial charge in [0.05, 0.1) is 11.8 Å². The van der Waals surface area contributed by atoms with Crippen LogP contribution in [0.2, 0.25) is 0 Å². The fraction of sp³-hybridized carbons (Fsp3) is 0.857. The topological polar surface area (TPSA) is 74.6 Å². The third-order valence-electron chi connectivity index (χ3n) is 3.36. The van der Waals surface area contributed by atoms with Gasteiger partial charge in [0.1, 0.15) is 0 Å². The Bertz CT molecular complexity index is 230. The normalized spacial score (nSPS) is 13.4. The summed E-state index contributed by atoms with van der Waals surface area (Å²) in [4.78, 5) is 22.4. The van der Waals surface area contributed by atoms with Crippen molar-refractivity contribution in [1.29, 1.82) is 0 Å². The smallest absolute Gasteiger partial charge is 0.307 e. The Kier molecular flexibility index (Phi) is 14.5. The third-order valence-corrected chi connectivity index (χ3v) is 3.36. The van der Waals surface area contributed by atoms with Crippen molar-refractivity contribution < 1.29 is 19.8 Å². The molecule has 0 aliphatic carbocycles. The Morgan fingerprint density at radius 3 is 1.32 bits per heavy atom. The second kappa shape index (κ2) is 12.9. The van der Waals surface area contributed by atoms with Gasteiger partial charge in [-0.15, -0.1) is 0 Å². The molecule has 0 amide bonds. The zero-order valence-electron chi connectivity index (χ0n) is 12.5. The Labute approximate surface area is 138 Å². The van der Waals surface area contributed by atoms with E-state index in [4.69, 9.17) is 0 Å². The van der Waals surface area contributed by atoms with Gasteiger partial charge in [0, 0.05) is 29.6 Å². The monoisotopic (exact) mass is 281 g/mol. The van der Waals surface area contributed by atoms with E-state index >= 15 is 0 Å². The van der Waals surface area contributed by atoms with Gasteiger partial charge in [0.25, 0.3) is 0 Å². The van der Waals surface area contributed by atoms with Crippen molar-refractivity contribution in [2.75, 3.05) is 0 Å². The molecule has 0 aromatic rings. The largest absolute Gasteiger partial charge is 0.481 e. The van der Waals surface area contributed by atoms with Crippen molar-refractivity contribution in [1.82, 2.24) is 0 Å². The van der Waals surface area contributed by atoms with Crippen LogP contribution in [0.3, 0.4) is 0 Å². The summed E-state index contributed by atoms with van der Waals surface area (Å²) in [5, 5.41) is 18.4. The molecule has 19 heavy (non-hydrogen) atoms. The second-order valence-electron chi connectivity index (χ2n) is 4.88. The zero-order valence-corrected chi connectivity index (χ0v) is 14.5. The summed E-state index contributed by atoms with van der Waals surface area (Å²) in [6, 6.07) is 0. The summed E-state index contributed by atoms with van der Waals surface area (Å²) in [5.41, 5.74) is 0. The van der Waals surface area contributed by atoms with Crippen LogP contribution in [0.15, 0.2) is 0 Å². The summed E-state index contributed by atoms with van der Waals surface area (Å²) in [7, 11) is 0. The van der Waals surface area contributed by atoms with Crippen LogP contribution in [0, 0.1) is 11.8 Å². The van der Waals surface area contributed by atoms with Gasteiger partial charge in [-0.3, -0.25) is 9.59 Å². The zero-order chi connectivity index (χ0) is 14.0. The van der Waals surface area contributed by atoms with Gasteiger partial charge in [0.15, 0.2) is 0 Å². The summed E-state index contributed by atoms with van der Waals surface area (Å²) in [6.45, 7) is 4.09. The van der Waals surface area contributed by atoms with E-state index in [0.29, 0.717) is 12.8 Å². The van der Waals surface area contributed by atoms with Crippen LogP contribution < -0.4 is 0 Å². The molecule has 0 aliphatic rings. The van der Waals surface area contributed by atoms with Crippen LogP contribution in [-0.2, 0) is 9.59 Å². The number of hydrogen-bond donors (Lipinski definition) is 2. The van der Waals surface area contributed by atoms with Gasteiger partial charge in [-0.1, -0.05) is 52.4 Å². The first-order valence-electron chi connectivity index (χ1n) is 7.00. The maximum atomic E-state index is 11.2. The fourth-order valence-corrected chi connectivity index (χ4v) is 2.22. The van der Waals surface area contributed by atoms with Crippen molar-refractivity contribution >= 4 is 41.5 Å². The molecule has 2 atom stereocenters. The third kappa shape index (κ3) is 9.47. The minimum Gasteiger partial charge on any atom is -0.481 e. The maximum absolute atomic E-state index is 11.2. The van der Waals surface area contributed by atoms with E-state index < -0.39 is 23.8 Å². The Morgan fingerprint density at radius 2 is 1.11 bits per heavy atom. The molecule has 0 bridgehead atoms. The molecule has 0 aromatic heterocycles. The standard InChI is InChI=1S/C14H26O4.Na/c1-3-5-7-9-11(13(15)16)12(14(17)18)10-8-6-4-2;/h11-12H,3-10H2,1-2H3,(H,15,16)(H,17,18);. The van der Waals surface area contributed by atoms with Gasteiger partial charge >= 0.3 is 11.9 Å². The van der Waals surface area contributed by atoms with Crippen molar-refractivity contribution in [2.24, 2.45) is 11.8 Å². The van der Waals surface area contributed by atoms with E-state index in [-0.39, 0.29) is 29.6 Å². The quantitative estimate of drug-likeness (QED) is 0.450. The molecule has 0 fully saturated rings. The molecule has 107 valence electrons. The van der Waals surface area contributed by atoms with Gasteiger partial charge in [0.2, 0.25) is 0 Å². The number of aliphatic carboxylic acids is 2. The fourth-order valence-electron chi connectivity index (χ4n) is 2.22. The molecule has 0 rings (SSSR count). The summed E-state index contributed by atoms with van der Waals surface area (Å²) in [6.07, 6.45) is 6.50. The van der Waals surface area contributed by atoms with E-state index in [2.05, 4.69) is 0 Å². The summed E-state index contributed by atoms with van der Waals surface area (Å²) < 4.78 is 0. The van der Waals surface area contributed by atoms with Crippen LogP contribution in [-0.4, -0.2) is 51.7 Å². The van der Waals surface area contributed by atoms with E-state index in [1.807, 2.05) is 13.8 Å². The Morgan fingerprint density at radius 1 is 0.789 bits per heavy atom. The number of rotatable bonds is 11. The van der Waals surface area contributed by atoms with Gasteiger partial charge in [-0.25, -0.2) is 0 Å². The molecule has 0 aromatic carbocycles. The van der Waals surface area contributed by atoms with E-state index in [0.717, 1.165) is 38.5 Å². The average molecular weight is 281 g/mol. The number of carboxylic acid groups (broad SMARTS) is 2. The number of unbranched alkanes of at least 4 members (excludes halogenated alkanes) is 4. The van der Waals surface area contributed by atoms with Gasteiger partial charge in [-0.2, -0.15) is 0 Å². The van der Waals surface area contributed by atoms with Crippen LogP contribution in [0.25, 0.3) is 0 Å². The molecule has 2 N–H and O–H groups in total. The minimum absolute atomic E-state index is 0. The van der Waals surface area contributed by atoms with Gasteiger partial charge in [-0.05, 0) is 12.8 Å². The SMILES string of the molecule is CCCCCC(C(=O)O)C(CCCCC)C(=O)O.[Na].